The van der Waals surface area contributed by atoms with E-state index in [1.807, 2.05) is 0 Å². The fourth-order valence-corrected chi connectivity index (χ4v) is 1.49. The molecule has 102 valence electrons. The maximum absolute atomic E-state index is 11.4. The Balaban J connectivity index is 3.73. The van der Waals surface area contributed by atoms with Crippen molar-refractivity contribution in [2.24, 2.45) is 10.9 Å². The molecular weight excluding hydrogens is 242 g/mol. The highest BCUT2D eigenvalue weighted by Crippen LogP contribution is 2.13. The maximum Gasteiger partial charge on any atom is 0.153 e. The molecule has 0 aliphatic rings. The van der Waals surface area contributed by atoms with Crippen LogP contribution >= 0.6 is 0 Å². The van der Waals surface area contributed by atoms with E-state index >= 15 is 0 Å². The molecule has 17 heavy (non-hydrogen) atoms. The van der Waals surface area contributed by atoms with Crippen LogP contribution in [0, 0.1) is 0 Å². The molecule has 0 saturated heterocycles. The lowest BCUT2D eigenvalue weighted by Crippen LogP contribution is -2.41. The van der Waals surface area contributed by atoms with Gasteiger partial charge in [-0.1, -0.05) is 5.16 Å². The third-order valence-electron chi connectivity index (χ3n) is 2.72. The highest BCUT2D eigenvalue weighted by Gasteiger charge is 2.29. The molecule has 0 heterocycles. The van der Waals surface area contributed by atoms with Crippen LogP contribution in [-0.4, -0.2) is 43.6 Å². The molecule has 0 spiro atoms. The Hall–Kier alpha value is -0.820. The molecule has 4 N–H and O–H groups in total. The average Bonchev–Trinajstić information content (AvgIpc) is 2.21. The summed E-state index contributed by atoms with van der Waals surface area (Å²) in [5.41, 5.74) is 5.31. The zero-order chi connectivity index (χ0) is 13.5. The monoisotopic (exact) mass is 265 g/mol. The van der Waals surface area contributed by atoms with E-state index in [0.717, 1.165) is 19.4 Å². The minimum Gasteiger partial charge on any atom is -0.409 e. The molecule has 0 aliphatic heterocycles. The molecule has 6 nitrogen and oxygen atoms in total. The molecule has 0 aromatic carbocycles. The first-order valence-electron chi connectivity index (χ1n) is 5.57. The summed E-state index contributed by atoms with van der Waals surface area (Å²) >= 11 is 0. The molecular formula is C10H23N3O3S. The smallest absolute Gasteiger partial charge is 0.153 e. The van der Waals surface area contributed by atoms with Crippen molar-refractivity contribution in [3.05, 3.63) is 0 Å². The van der Waals surface area contributed by atoms with Gasteiger partial charge in [0.25, 0.3) is 0 Å². The van der Waals surface area contributed by atoms with Crippen LogP contribution in [0.5, 0.6) is 0 Å². The van der Waals surface area contributed by atoms with Crippen molar-refractivity contribution in [3.8, 4) is 0 Å². The first-order valence-corrected chi connectivity index (χ1v) is 7.46. The summed E-state index contributed by atoms with van der Waals surface area (Å²) in [4.78, 5) is 0. The first kappa shape index (κ1) is 16.2. The normalized spacial score (nSPS) is 13.9. The maximum atomic E-state index is 11.4. The van der Waals surface area contributed by atoms with Crippen molar-refractivity contribution in [1.29, 1.82) is 0 Å². The van der Waals surface area contributed by atoms with Crippen LogP contribution in [0.2, 0.25) is 0 Å². The summed E-state index contributed by atoms with van der Waals surface area (Å²) in [7, 11) is -3.05. The standard InChI is InChI=1S/C10H23N3O3S/c1-10(2,17(3,15)16)8-12-7-5-4-6-9(11)13-14/h12,14H,4-8H2,1-3H3,(H2,11,13). The summed E-state index contributed by atoms with van der Waals surface area (Å²) in [6.07, 6.45) is 3.46. The molecule has 0 radical (unpaired) electrons. The average molecular weight is 265 g/mol. The van der Waals surface area contributed by atoms with Crippen molar-refractivity contribution in [1.82, 2.24) is 5.32 Å². The van der Waals surface area contributed by atoms with Crippen LogP contribution in [0.4, 0.5) is 0 Å². The molecule has 0 rings (SSSR count). The van der Waals surface area contributed by atoms with E-state index in [-0.39, 0.29) is 5.84 Å². The highest BCUT2D eigenvalue weighted by molar-refractivity contribution is 7.92. The molecule has 0 aromatic heterocycles. The van der Waals surface area contributed by atoms with Crippen molar-refractivity contribution in [3.63, 3.8) is 0 Å². The van der Waals surface area contributed by atoms with Crippen LogP contribution in [0.3, 0.4) is 0 Å². The molecule has 7 heteroatoms. The van der Waals surface area contributed by atoms with Gasteiger partial charge in [0.2, 0.25) is 0 Å². The number of nitrogens with two attached hydrogens (primary N) is 1. The first-order chi connectivity index (χ1) is 7.70. The number of sulfone groups is 1. The highest BCUT2D eigenvalue weighted by atomic mass is 32.2. The van der Waals surface area contributed by atoms with E-state index in [2.05, 4.69) is 10.5 Å². The van der Waals surface area contributed by atoms with Gasteiger partial charge in [0, 0.05) is 19.2 Å². The number of amidine groups is 1. The largest absolute Gasteiger partial charge is 0.409 e. The Bertz CT molecular complexity index is 350. The molecule has 0 atom stereocenters. The van der Waals surface area contributed by atoms with E-state index in [9.17, 15) is 8.42 Å². The van der Waals surface area contributed by atoms with Crippen LogP contribution in [0.25, 0.3) is 0 Å². The zero-order valence-electron chi connectivity index (χ0n) is 10.7. The molecule has 0 aliphatic carbocycles. The minimum atomic E-state index is -3.05. The van der Waals surface area contributed by atoms with E-state index in [1.54, 1.807) is 13.8 Å². The molecule has 0 aromatic rings. The Kier molecular flexibility index (Phi) is 6.48. The van der Waals surface area contributed by atoms with Crippen molar-refractivity contribution >= 4 is 15.7 Å². The lowest BCUT2D eigenvalue weighted by Gasteiger charge is -2.22. The number of rotatable bonds is 8. The summed E-state index contributed by atoms with van der Waals surface area (Å²) in [6.45, 7) is 4.55. The third-order valence-corrected chi connectivity index (χ3v) is 4.87. The Labute approximate surface area is 103 Å². The Morgan fingerprint density at radius 3 is 2.47 bits per heavy atom. The van der Waals surface area contributed by atoms with Crippen molar-refractivity contribution in [2.45, 2.75) is 37.9 Å². The number of hydrogen-bond acceptors (Lipinski definition) is 5. The predicted molar refractivity (Wildman–Crippen MR) is 69.1 cm³/mol. The van der Waals surface area contributed by atoms with Gasteiger partial charge in [0.1, 0.15) is 5.84 Å². The number of oxime groups is 1. The topological polar surface area (TPSA) is 105 Å². The number of nitrogens with zero attached hydrogens (tertiary/aromatic N) is 1. The molecule has 0 unspecified atom stereocenters. The quantitative estimate of drug-likeness (QED) is 0.193. The van der Waals surface area contributed by atoms with Gasteiger partial charge in [-0.25, -0.2) is 8.42 Å². The predicted octanol–water partition coefficient (Wildman–Crippen LogP) is 0.316. The zero-order valence-corrected chi connectivity index (χ0v) is 11.5. The molecule has 0 saturated carbocycles. The van der Waals surface area contributed by atoms with Crippen LogP contribution in [0.1, 0.15) is 33.1 Å². The SMILES string of the molecule is CC(C)(CNCCCCC(N)=NO)S(C)(=O)=O. The summed E-state index contributed by atoms with van der Waals surface area (Å²) in [5.74, 6) is 0.224. The van der Waals surface area contributed by atoms with Crippen LogP contribution < -0.4 is 11.1 Å². The summed E-state index contributed by atoms with van der Waals surface area (Å²) in [6, 6.07) is 0. The van der Waals surface area contributed by atoms with Crippen molar-refractivity contribution in [2.75, 3.05) is 19.3 Å². The Morgan fingerprint density at radius 1 is 1.41 bits per heavy atom. The number of hydrogen-bond donors (Lipinski definition) is 3. The van der Waals surface area contributed by atoms with Gasteiger partial charge < -0.3 is 16.3 Å². The van der Waals surface area contributed by atoms with Crippen LogP contribution in [0.15, 0.2) is 5.16 Å². The summed E-state index contributed by atoms with van der Waals surface area (Å²) < 4.78 is 22.1. The molecule has 0 bridgehead atoms. The van der Waals surface area contributed by atoms with Gasteiger partial charge in [-0.3, -0.25) is 0 Å². The van der Waals surface area contributed by atoms with Crippen molar-refractivity contribution < 1.29 is 13.6 Å². The summed E-state index contributed by atoms with van der Waals surface area (Å²) in [5, 5.41) is 14.3. The fourth-order valence-electron chi connectivity index (χ4n) is 1.13. The van der Waals surface area contributed by atoms with E-state index < -0.39 is 14.6 Å². The minimum absolute atomic E-state index is 0.224. The Morgan fingerprint density at radius 2 is 2.00 bits per heavy atom. The van der Waals surface area contributed by atoms with Gasteiger partial charge in [-0.15, -0.1) is 0 Å². The third kappa shape index (κ3) is 6.48. The second kappa shape index (κ2) is 6.80. The fraction of sp³-hybridized carbons (Fsp3) is 0.900. The van der Waals surface area contributed by atoms with Gasteiger partial charge in [0.05, 0.1) is 4.75 Å². The van der Waals surface area contributed by atoms with E-state index in [0.29, 0.717) is 13.0 Å². The number of nitrogens with one attached hydrogen (secondary N) is 1. The van der Waals surface area contributed by atoms with E-state index in [4.69, 9.17) is 10.9 Å². The number of unbranched alkanes of at least 4 members (excludes halogenated alkanes) is 1. The van der Waals surface area contributed by atoms with Crippen LogP contribution in [-0.2, 0) is 9.84 Å². The van der Waals surface area contributed by atoms with E-state index in [1.165, 1.54) is 6.26 Å². The lowest BCUT2D eigenvalue weighted by molar-refractivity contribution is 0.316. The van der Waals surface area contributed by atoms with Gasteiger partial charge in [0.15, 0.2) is 9.84 Å². The van der Waals surface area contributed by atoms with Gasteiger partial charge >= 0.3 is 0 Å². The molecule has 0 fully saturated rings. The second-order valence-corrected chi connectivity index (χ2v) is 7.41. The molecule has 0 amide bonds. The lowest BCUT2D eigenvalue weighted by atomic mass is 10.2. The van der Waals surface area contributed by atoms with Gasteiger partial charge in [-0.2, -0.15) is 0 Å². The van der Waals surface area contributed by atoms with Gasteiger partial charge in [-0.05, 0) is 33.2 Å². The second-order valence-electron chi connectivity index (χ2n) is 4.76.